The fourth-order valence-electron chi connectivity index (χ4n) is 3.00. The average Bonchev–Trinajstić information content (AvgIpc) is 3.27. The molecule has 1 heterocycles. The molecule has 0 fully saturated rings. The number of nitrogens with zero attached hydrogens (tertiary/aromatic N) is 3. The molecule has 1 aromatic heterocycles. The molecule has 0 aliphatic carbocycles. The minimum Gasteiger partial charge on any atom is -0.497 e. The summed E-state index contributed by atoms with van der Waals surface area (Å²) < 4.78 is 31.6. The van der Waals surface area contributed by atoms with E-state index < -0.39 is 10.0 Å². The molecule has 0 atom stereocenters. The quantitative estimate of drug-likeness (QED) is 0.525. The normalized spacial score (nSPS) is 11.5. The van der Waals surface area contributed by atoms with Crippen LogP contribution in [0.4, 0.5) is 0 Å². The lowest BCUT2D eigenvalue weighted by Crippen LogP contribution is -2.30. The number of aromatic nitrogens is 3. The van der Waals surface area contributed by atoms with Crippen molar-refractivity contribution in [3.63, 3.8) is 0 Å². The summed E-state index contributed by atoms with van der Waals surface area (Å²) in [5, 5.41) is 9.72. The molecule has 31 heavy (non-hydrogen) atoms. The first-order valence-corrected chi connectivity index (χ1v) is 11.3. The fourth-order valence-corrected chi connectivity index (χ4v) is 4.46. The van der Waals surface area contributed by atoms with Gasteiger partial charge in [0.05, 0.1) is 18.6 Å². The first-order valence-electron chi connectivity index (χ1n) is 9.83. The van der Waals surface area contributed by atoms with Crippen LogP contribution in [0, 0.1) is 0 Å². The summed E-state index contributed by atoms with van der Waals surface area (Å²) in [6.45, 7) is 4.49. The molecule has 2 N–H and O–H groups in total. The van der Waals surface area contributed by atoms with Gasteiger partial charge in [-0.2, -0.15) is 9.40 Å². The van der Waals surface area contributed by atoms with E-state index in [0.29, 0.717) is 30.3 Å². The van der Waals surface area contributed by atoms with Crippen LogP contribution in [-0.4, -0.2) is 54.0 Å². The standard InChI is InChI=1S/C21H25N5O4S/c1-4-26(5-2)31(28,29)18-12-8-16(9-13-18)21(27)22-14-19-23-20(25-24-19)15-6-10-17(30-3)11-7-15/h6-13H,4-5,14H2,1-3H3,(H,22,27)(H,23,24,25). The fraction of sp³-hybridized carbons (Fsp3) is 0.286. The lowest BCUT2D eigenvalue weighted by atomic mass is 10.2. The number of sulfonamides is 1. The van der Waals surface area contributed by atoms with Crippen LogP contribution in [0.15, 0.2) is 53.4 Å². The van der Waals surface area contributed by atoms with Crippen LogP contribution >= 0.6 is 0 Å². The molecule has 1 amide bonds. The van der Waals surface area contributed by atoms with Crippen molar-refractivity contribution in [2.75, 3.05) is 20.2 Å². The molecule has 3 rings (SSSR count). The van der Waals surface area contributed by atoms with Gasteiger partial charge in [-0.05, 0) is 48.5 Å². The van der Waals surface area contributed by atoms with Gasteiger partial charge in [0.25, 0.3) is 5.91 Å². The highest BCUT2D eigenvalue weighted by molar-refractivity contribution is 7.89. The van der Waals surface area contributed by atoms with Crippen molar-refractivity contribution in [1.82, 2.24) is 24.8 Å². The van der Waals surface area contributed by atoms with Gasteiger partial charge in [-0.15, -0.1) is 0 Å². The number of rotatable bonds is 9. The van der Waals surface area contributed by atoms with Crippen LogP contribution in [0.2, 0.25) is 0 Å². The van der Waals surface area contributed by atoms with Crippen molar-refractivity contribution in [2.24, 2.45) is 0 Å². The van der Waals surface area contributed by atoms with Gasteiger partial charge in [-0.1, -0.05) is 13.8 Å². The summed E-state index contributed by atoms with van der Waals surface area (Å²) in [7, 11) is -1.96. The van der Waals surface area contributed by atoms with Crippen molar-refractivity contribution in [1.29, 1.82) is 0 Å². The highest BCUT2D eigenvalue weighted by Crippen LogP contribution is 2.19. The Hall–Kier alpha value is -3.24. The van der Waals surface area contributed by atoms with Crippen molar-refractivity contribution in [3.05, 3.63) is 59.9 Å². The van der Waals surface area contributed by atoms with Crippen LogP contribution in [-0.2, 0) is 16.6 Å². The maximum absolute atomic E-state index is 12.5. The first-order chi connectivity index (χ1) is 14.9. The van der Waals surface area contributed by atoms with Gasteiger partial charge < -0.3 is 10.1 Å². The van der Waals surface area contributed by atoms with Crippen LogP contribution in [0.3, 0.4) is 0 Å². The molecule has 2 aromatic carbocycles. The van der Waals surface area contributed by atoms with E-state index in [4.69, 9.17) is 4.74 Å². The van der Waals surface area contributed by atoms with Crippen molar-refractivity contribution in [3.8, 4) is 17.1 Å². The van der Waals surface area contributed by atoms with Gasteiger partial charge in [0.15, 0.2) is 5.82 Å². The molecule has 0 aliphatic heterocycles. The molecule has 0 saturated heterocycles. The Bertz CT molecular complexity index is 1120. The zero-order valence-electron chi connectivity index (χ0n) is 17.6. The summed E-state index contributed by atoms with van der Waals surface area (Å²) in [5.74, 6) is 1.41. The number of methoxy groups -OCH3 is 1. The number of carbonyl (C=O) groups is 1. The number of amides is 1. The van der Waals surface area contributed by atoms with Crippen LogP contribution in [0.25, 0.3) is 11.4 Å². The van der Waals surface area contributed by atoms with E-state index in [2.05, 4.69) is 20.5 Å². The second kappa shape index (κ2) is 9.71. The monoisotopic (exact) mass is 443 g/mol. The van der Waals surface area contributed by atoms with E-state index in [1.54, 1.807) is 21.0 Å². The van der Waals surface area contributed by atoms with Crippen molar-refractivity contribution >= 4 is 15.9 Å². The predicted octanol–water partition coefficient (Wildman–Crippen LogP) is 2.44. The highest BCUT2D eigenvalue weighted by Gasteiger charge is 2.21. The minimum absolute atomic E-state index is 0.154. The third-order valence-corrected chi connectivity index (χ3v) is 6.82. The van der Waals surface area contributed by atoms with Crippen molar-refractivity contribution in [2.45, 2.75) is 25.3 Å². The molecule has 3 aromatic rings. The number of hydrogen-bond acceptors (Lipinski definition) is 6. The Morgan fingerprint density at radius 1 is 1.06 bits per heavy atom. The molecule has 9 nitrogen and oxygen atoms in total. The molecule has 0 saturated carbocycles. The Kier molecular flexibility index (Phi) is 7.03. The molecule has 0 unspecified atom stereocenters. The molecule has 0 spiro atoms. The van der Waals surface area contributed by atoms with Crippen LogP contribution in [0.1, 0.15) is 30.0 Å². The van der Waals surface area contributed by atoms with E-state index in [0.717, 1.165) is 11.3 Å². The Morgan fingerprint density at radius 3 is 2.29 bits per heavy atom. The summed E-state index contributed by atoms with van der Waals surface area (Å²) in [6, 6.07) is 13.2. The second-order valence-electron chi connectivity index (χ2n) is 6.63. The van der Waals surface area contributed by atoms with E-state index in [1.165, 1.54) is 28.6 Å². The summed E-state index contributed by atoms with van der Waals surface area (Å²) in [6.07, 6.45) is 0. The Balaban J connectivity index is 1.63. The maximum Gasteiger partial charge on any atom is 0.251 e. The molecule has 164 valence electrons. The van der Waals surface area contributed by atoms with E-state index in [1.807, 2.05) is 24.3 Å². The van der Waals surface area contributed by atoms with Crippen molar-refractivity contribution < 1.29 is 17.9 Å². The van der Waals surface area contributed by atoms with Gasteiger partial charge in [0.2, 0.25) is 10.0 Å². The van der Waals surface area contributed by atoms with E-state index in [-0.39, 0.29) is 17.3 Å². The SMILES string of the molecule is CCN(CC)S(=O)(=O)c1ccc(C(=O)NCc2nc(-c3ccc(OC)cc3)n[nH]2)cc1. The zero-order chi connectivity index (χ0) is 22.4. The predicted molar refractivity (Wildman–Crippen MR) is 116 cm³/mol. The molecule has 0 bridgehead atoms. The maximum atomic E-state index is 12.5. The lowest BCUT2D eigenvalue weighted by Gasteiger charge is -2.18. The Labute approximate surface area is 181 Å². The van der Waals surface area contributed by atoms with E-state index >= 15 is 0 Å². The van der Waals surface area contributed by atoms with Gasteiger partial charge >= 0.3 is 0 Å². The number of H-pyrrole nitrogens is 1. The molecular weight excluding hydrogens is 418 g/mol. The van der Waals surface area contributed by atoms with E-state index in [9.17, 15) is 13.2 Å². The summed E-state index contributed by atoms with van der Waals surface area (Å²) >= 11 is 0. The molecule has 10 heteroatoms. The number of ether oxygens (including phenoxy) is 1. The topological polar surface area (TPSA) is 117 Å². The summed E-state index contributed by atoms with van der Waals surface area (Å²) in [4.78, 5) is 17.0. The highest BCUT2D eigenvalue weighted by atomic mass is 32.2. The summed E-state index contributed by atoms with van der Waals surface area (Å²) in [5.41, 5.74) is 1.17. The molecule has 0 radical (unpaired) electrons. The minimum atomic E-state index is -3.56. The number of hydrogen-bond donors (Lipinski definition) is 2. The van der Waals surface area contributed by atoms with Gasteiger partial charge in [-0.25, -0.2) is 13.4 Å². The molecule has 0 aliphatic rings. The number of aromatic amines is 1. The van der Waals surface area contributed by atoms with Crippen LogP contribution in [0.5, 0.6) is 5.75 Å². The Morgan fingerprint density at radius 2 is 1.71 bits per heavy atom. The van der Waals surface area contributed by atoms with Gasteiger partial charge in [0.1, 0.15) is 11.6 Å². The third kappa shape index (κ3) is 5.09. The molecular formula is C21H25N5O4S. The first kappa shape index (κ1) is 22.4. The van der Waals surface area contributed by atoms with Crippen LogP contribution < -0.4 is 10.1 Å². The number of nitrogens with one attached hydrogen (secondary N) is 2. The average molecular weight is 444 g/mol. The zero-order valence-corrected chi connectivity index (χ0v) is 18.4. The largest absolute Gasteiger partial charge is 0.497 e. The number of carbonyl (C=O) groups excluding carboxylic acids is 1. The third-order valence-electron chi connectivity index (χ3n) is 4.76. The smallest absolute Gasteiger partial charge is 0.251 e. The van der Waals surface area contributed by atoms with Gasteiger partial charge in [-0.3, -0.25) is 9.89 Å². The number of benzene rings is 2. The lowest BCUT2D eigenvalue weighted by molar-refractivity contribution is 0.0950. The second-order valence-corrected chi connectivity index (χ2v) is 8.57. The van der Waals surface area contributed by atoms with Gasteiger partial charge in [0, 0.05) is 24.2 Å².